The van der Waals surface area contributed by atoms with Gasteiger partial charge in [-0.3, -0.25) is 19.3 Å². The van der Waals surface area contributed by atoms with Gasteiger partial charge in [0.25, 0.3) is 5.91 Å². The fourth-order valence-electron chi connectivity index (χ4n) is 4.75. The summed E-state index contributed by atoms with van der Waals surface area (Å²) in [7, 11) is 0. The molecule has 3 heterocycles. The molecule has 2 aromatic rings. The molecule has 0 unspecified atom stereocenters. The molecule has 2 N–H and O–H groups in total. The minimum absolute atomic E-state index is 0.0249. The molecule has 0 saturated carbocycles. The number of hydrogen-bond acceptors (Lipinski definition) is 8. The molecular formula is C28H31N3O8S. The van der Waals surface area contributed by atoms with E-state index in [0.717, 1.165) is 21.7 Å². The van der Waals surface area contributed by atoms with E-state index < -0.39 is 35.2 Å². The van der Waals surface area contributed by atoms with Crippen molar-refractivity contribution in [2.24, 2.45) is 0 Å². The van der Waals surface area contributed by atoms with Crippen LogP contribution >= 0.6 is 11.8 Å². The Balaban J connectivity index is 1.48. The number of benzene rings is 1. The predicted octanol–water partition coefficient (Wildman–Crippen LogP) is 2.64. The Kier molecular flexibility index (Phi) is 8.67. The van der Waals surface area contributed by atoms with Crippen molar-refractivity contribution in [1.29, 1.82) is 0 Å². The minimum Gasteiger partial charge on any atom is -0.477 e. The van der Waals surface area contributed by atoms with Crippen molar-refractivity contribution in [3.63, 3.8) is 0 Å². The molecule has 2 atom stereocenters. The molecular weight excluding hydrogens is 538 g/mol. The molecule has 0 aliphatic carbocycles. The number of β-lactam (4-membered cyclic amide) rings is 1. The second kappa shape index (κ2) is 12.0. The number of nitrogens with zero attached hydrogens (tertiary/aromatic N) is 2. The van der Waals surface area contributed by atoms with Gasteiger partial charge in [0.2, 0.25) is 5.91 Å². The van der Waals surface area contributed by atoms with E-state index in [1.807, 2.05) is 35.8 Å². The summed E-state index contributed by atoms with van der Waals surface area (Å²) >= 11 is 1.30. The maximum absolute atomic E-state index is 13.0. The molecule has 4 rings (SSSR count). The lowest BCUT2D eigenvalue weighted by molar-refractivity contribution is -0.151. The number of carbonyl (C=O) groups is 5. The fraction of sp³-hybridized carbons (Fsp3) is 0.393. The molecule has 0 radical (unpaired) electrons. The number of hydrogen-bond donors (Lipinski definition) is 2. The van der Waals surface area contributed by atoms with E-state index in [0.29, 0.717) is 16.8 Å². The van der Waals surface area contributed by atoms with Gasteiger partial charge in [0, 0.05) is 42.6 Å². The summed E-state index contributed by atoms with van der Waals surface area (Å²) in [5, 5.41) is 11.9. The van der Waals surface area contributed by atoms with Crippen LogP contribution in [-0.4, -0.2) is 74.7 Å². The molecule has 1 aromatic carbocycles. The summed E-state index contributed by atoms with van der Waals surface area (Å²) in [5.41, 5.74) is 3.92. The first kappa shape index (κ1) is 28.9. The summed E-state index contributed by atoms with van der Waals surface area (Å²) in [6, 6.07) is 8.70. The van der Waals surface area contributed by atoms with E-state index in [4.69, 9.17) is 9.47 Å². The lowest BCUT2D eigenvalue weighted by atomic mass is 10.0. The summed E-state index contributed by atoms with van der Waals surface area (Å²) in [6.07, 6.45) is 0.0249. The molecule has 0 bridgehead atoms. The van der Waals surface area contributed by atoms with Crippen LogP contribution in [0.15, 0.2) is 41.6 Å². The molecule has 0 spiro atoms. The monoisotopic (exact) mass is 569 g/mol. The van der Waals surface area contributed by atoms with Crippen LogP contribution in [-0.2, 0) is 35.2 Å². The highest BCUT2D eigenvalue weighted by atomic mass is 32.2. The lowest BCUT2D eigenvalue weighted by Gasteiger charge is -2.49. The average Bonchev–Trinajstić information content (AvgIpc) is 3.25. The molecule has 12 heteroatoms. The average molecular weight is 570 g/mol. The molecule has 1 saturated heterocycles. The first-order valence-corrected chi connectivity index (χ1v) is 13.8. The van der Waals surface area contributed by atoms with E-state index in [1.54, 1.807) is 19.9 Å². The Hall–Kier alpha value is -4.06. The quantitative estimate of drug-likeness (QED) is 0.326. The maximum atomic E-state index is 13.0. The second-order valence-electron chi connectivity index (χ2n) is 9.51. The van der Waals surface area contributed by atoms with Crippen molar-refractivity contribution >= 4 is 41.5 Å². The normalized spacial score (nSPS) is 18.1. The van der Waals surface area contributed by atoms with E-state index in [-0.39, 0.29) is 43.5 Å². The van der Waals surface area contributed by atoms with Gasteiger partial charge in [-0.25, -0.2) is 9.59 Å². The molecule has 212 valence electrons. The molecule has 11 nitrogen and oxygen atoms in total. The highest BCUT2D eigenvalue weighted by molar-refractivity contribution is 8.00. The molecule has 2 aliphatic rings. The lowest BCUT2D eigenvalue weighted by Crippen LogP contribution is -2.70. The van der Waals surface area contributed by atoms with E-state index in [1.165, 1.54) is 18.7 Å². The van der Waals surface area contributed by atoms with Gasteiger partial charge >= 0.3 is 17.9 Å². The predicted molar refractivity (Wildman–Crippen MR) is 146 cm³/mol. The van der Waals surface area contributed by atoms with Crippen molar-refractivity contribution in [1.82, 2.24) is 14.8 Å². The number of aryl methyl sites for hydroxylation is 1. The topological polar surface area (TPSA) is 144 Å². The van der Waals surface area contributed by atoms with Crippen LogP contribution in [0.5, 0.6) is 0 Å². The number of ether oxygens (including phenoxy) is 2. The number of esters is 2. The third kappa shape index (κ3) is 5.76. The van der Waals surface area contributed by atoms with Crippen molar-refractivity contribution in [2.45, 2.75) is 52.1 Å². The number of carbonyl (C=O) groups excluding carboxylic acids is 4. The van der Waals surface area contributed by atoms with E-state index >= 15 is 0 Å². The Bertz CT molecular complexity index is 1390. The van der Waals surface area contributed by atoms with Crippen LogP contribution in [0.3, 0.4) is 0 Å². The zero-order chi connectivity index (χ0) is 29.1. The number of rotatable bonds is 10. The second-order valence-corrected chi connectivity index (χ2v) is 10.6. The fourth-order valence-corrected chi connectivity index (χ4v) is 6.08. The van der Waals surface area contributed by atoms with Gasteiger partial charge in [-0.1, -0.05) is 29.8 Å². The maximum Gasteiger partial charge on any atom is 0.352 e. The number of aromatic nitrogens is 1. The number of nitrogens with one attached hydrogen (secondary N) is 1. The van der Waals surface area contributed by atoms with Crippen LogP contribution in [0.1, 0.15) is 41.9 Å². The van der Waals surface area contributed by atoms with Crippen molar-refractivity contribution in [3.8, 4) is 11.3 Å². The van der Waals surface area contributed by atoms with E-state index in [9.17, 15) is 29.1 Å². The van der Waals surface area contributed by atoms with Crippen LogP contribution < -0.4 is 5.32 Å². The van der Waals surface area contributed by atoms with Gasteiger partial charge in [-0.15, -0.1) is 11.8 Å². The summed E-state index contributed by atoms with van der Waals surface area (Å²) < 4.78 is 12.0. The molecule has 2 amide bonds. The van der Waals surface area contributed by atoms with Gasteiger partial charge in [0.15, 0.2) is 0 Å². The third-order valence-corrected chi connectivity index (χ3v) is 8.13. The summed E-state index contributed by atoms with van der Waals surface area (Å²) in [4.78, 5) is 62.6. The van der Waals surface area contributed by atoms with Crippen LogP contribution in [0, 0.1) is 13.8 Å². The number of carboxylic acids is 1. The minimum atomic E-state index is -1.30. The first-order chi connectivity index (χ1) is 19.0. The van der Waals surface area contributed by atoms with Crippen LogP contribution in [0.25, 0.3) is 11.3 Å². The molecule has 40 heavy (non-hydrogen) atoms. The zero-order valence-electron chi connectivity index (χ0n) is 22.7. The molecule has 1 aromatic heterocycles. The highest BCUT2D eigenvalue weighted by Crippen LogP contribution is 2.40. The Labute approximate surface area is 235 Å². The Morgan fingerprint density at radius 3 is 2.45 bits per heavy atom. The number of fused-ring (bicyclic) bond motifs is 1. The van der Waals surface area contributed by atoms with Crippen molar-refractivity contribution in [2.75, 3.05) is 19.0 Å². The van der Waals surface area contributed by atoms with Gasteiger partial charge in [-0.2, -0.15) is 0 Å². The number of aliphatic carboxylic acids is 1. The van der Waals surface area contributed by atoms with Crippen LogP contribution in [0.2, 0.25) is 0 Å². The number of amides is 2. The summed E-state index contributed by atoms with van der Waals surface area (Å²) in [6.45, 7) is 6.99. The largest absolute Gasteiger partial charge is 0.477 e. The Morgan fingerprint density at radius 2 is 1.82 bits per heavy atom. The van der Waals surface area contributed by atoms with E-state index in [2.05, 4.69) is 5.32 Å². The smallest absolute Gasteiger partial charge is 0.352 e. The highest BCUT2D eigenvalue weighted by Gasteiger charge is 2.54. The third-order valence-electron chi connectivity index (χ3n) is 6.79. The zero-order valence-corrected chi connectivity index (χ0v) is 23.5. The Morgan fingerprint density at radius 1 is 1.12 bits per heavy atom. The number of carboxylic acid groups (broad SMARTS) is 1. The molecule has 2 aliphatic heterocycles. The van der Waals surface area contributed by atoms with Crippen LogP contribution in [0.4, 0.5) is 0 Å². The SMILES string of the molecule is CCOC(=O)c1cc(-c2ccc(C)cc2)n(CCC(=O)N[C@@H]2C(=O)N3C(C(=O)O)=C(COC(C)=O)CS[C@H]23)c1C. The number of thioether (sulfide) groups is 1. The van der Waals surface area contributed by atoms with Gasteiger partial charge < -0.3 is 24.5 Å². The van der Waals surface area contributed by atoms with Gasteiger partial charge in [0.05, 0.1) is 12.2 Å². The van der Waals surface area contributed by atoms with Gasteiger partial charge in [0.1, 0.15) is 23.7 Å². The standard InChI is InChI=1S/C28H31N3O8S/c1-5-38-28(37)20-12-21(18-8-6-15(2)7-9-18)30(16(20)3)11-10-22(33)29-23-25(34)31-24(27(35)36)19(13-39-17(4)32)14-40-26(23)31/h6-9,12,23,26H,5,10-11,13-14H2,1-4H3,(H,29,33)(H,35,36)/t23-,26-/m1/s1. The first-order valence-electron chi connectivity index (χ1n) is 12.8. The van der Waals surface area contributed by atoms with Crippen molar-refractivity contribution in [3.05, 3.63) is 58.4 Å². The van der Waals surface area contributed by atoms with Gasteiger partial charge in [-0.05, 0) is 32.4 Å². The molecule has 1 fully saturated rings. The van der Waals surface area contributed by atoms with Crippen molar-refractivity contribution < 1.29 is 38.6 Å². The summed E-state index contributed by atoms with van der Waals surface area (Å²) in [5.74, 6) is -2.97.